The summed E-state index contributed by atoms with van der Waals surface area (Å²) in [6.07, 6.45) is 3.00. The molecule has 0 heterocycles. The lowest BCUT2D eigenvalue weighted by Gasteiger charge is -1.89. The molecule has 0 aromatic carbocycles. The van der Waals surface area contributed by atoms with Crippen LogP contribution in [0.3, 0.4) is 0 Å². The first-order valence-electron chi connectivity index (χ1n) is 2.57. The fraction of sp³-hybridized carbons (Fsp3) is 0.500. The molecule has 0 aliphatic carbocycles. The Hall–Kier alpha value is -0.790. The summed E-state index contributed by atoms with van der Waals surface area (Å²) in [4.78, 5) is 4.48. The van der Waals surface area contributed by atoms with Gasteiger partial charge >= 0.3 is 0 Å². The predicted molar refractivity (Wildman–Crippen MR) is 34.6 cm³/mol. The van der Waals surface area contributed by atoms with E-state index in [-0.39, 0.29) is 0 Å². The zero-order valence-corrected chi connectivity index (χ0v) is 5.29. The van der Waals surface area contributed by atoms with Crippen LogP contribution in [0, 0.1) is 5.92 Å². The second-order valence-corrected chi connectivity index (χ2v) is 1.77. The van der Waals surface area contributed by atoms with Gasteiger partial charge in [-0.05, 0) is 5.92 Å². The highest BCUT2D eigenvalue weighted by Crippen LogP contribution is 1.85. The smallest absolute Gasteiger partial charge is 0.114 e. The zero-order valence-electron chi connectivity index (χ0n) is 5.29. The van der Waals surface area contributed by atoms with Gasteiger partial charge < -0.3 is 4.84 Å². The second-order valence-electron chi connectivity index (χ2n) is 1.77. The van der Waals surface area contributed by atoms with Gasteiger partial charge in [0.25, 0.3) is 0 Å². The average Bonchev–Trinajstić information content (AvgIpc) is 1.66. The monoisotopic (exact) mass is 113 g/mol. The van der Waals surface area contributed by atoms with Gasteiger partial charge in [0.1, 0.15) is 6.26 Å². The molecular weight excluding hydrogens is 102 g/mol. The maximum absolute atomic E-state index is 4.48. The number of rotatable bonds is 3. The summed E-state index contributed by atoms with van der Waals surface area (Å²) in [6, 6.07) is 0. The van der Waals surface area contributed by atoms with E-state index < -0.39 is 0 Å². The fourth-order valence-electron chi connectivity index (χ4n) is 0.200. The summed E-state index contributed by atoms with van der Waals surface area (Å²) >= 11 is 0. The van der Waals surface area contributed by atoms with E-state index in [0.29, 0.717) is 5.92 Å². The first-order chi connectivity index (χ1) is 3.77. The molecule has 0 N–H and O–H groups in total. The van der Waals surface area contributed by atoms with Crippen molar-refractivity contribution in [2.75, 3.05) is 0 Å². The molecule has 0 bridgehead atoms. The Labute approximate surface area is 49.8 Å². The van der Waals surface area contributed by atoms with Crippen molar-refractivity contribution in [1.29, 1.82) is 0 Å². The van der Waals surface area contributed by atoms with Crippen molar-refractivity contribution >= 4 is 6.21 Å². The number of hydrogen-bond acceptors (Lipinski definition) is 2. The third-order valence-corrected chi connectivity index (χ3v) is 0.494. The minimum Gasteiger partial charge on any atom is -0.366 e. The van der Waals surface area contributed by atoms with Crippen LogP contribution in [-0.4, -0.2) is 6.21 Å². The van der Waals surface area contributed by atoms with Gasteiger partial charge in [-0.25, -0.2) is 0 Å². The molecule has 0 atom stereocenters. The Kier molecular flexibility index (Phi) is 3.94. The number of nitrogens with zero attached hydrogens (tertiary/aromatic N) is 1. The summed E-state index contributed by atoms with van der Waals surface area (Å²) < 4.78 is 0. The average molecular weight is 113 g/mol. The molecule has 0 aromatic rings. The lowest BCUT2D eigenvalue weighted by atomic mass is 10.3. The van der Waals surface area contributed by atoms with Gasteiger partial charge in [-0.15, -0.1) is 0 Å². The topological polar surface area (TPSA) is 21.6 Å². The van der Waals surface area contributed by atoms with Crippen LogP contribution >= 0.6 is 0 Å². The summed E-state index contributed by atoms with van der Waals surface area (Å²) in [7, 11) is 0. The normalized spacial score (nSPS) is 10.4. The second kappa shape index (κ2) is 4.37. The standard InChI is InChI=1S/C6H11NO/c1-4-8-7-5-6(2)3/h4-6H,1H2,2-3H3/b7-5-. The Morgan fingerprint density at radius 1 is 1.62 bits per heavy atom. The van der Waals surface area contributed by atoms with Crippen molar-refractivity contribution in [1.82, 2.24) is 0 Å². The van der Waals surface area contributed by atoms with Crippen LogP contribution < -0.4 is 0 Å². The first kappa shape index (κ1) is 7.21. The summed E-state index contributed by atoms with van der Waals surface area (Å²) in [5, 5.41) is 3.55. The summed E-state index contributed by atoms with van der Waals surface area (Å²) in [5.74, 6) is 0.440. The maximum Gasteiger partial charge on any atom is 0.114 e. The van der Waals surface area contributed by atoms with Crippen molar-refractivity contribution in [3.8, 4) is 0 Å². The van der Waals surface area contributed by atoms with Crippen LogP contribution in [0.5, 0.6) is 0 Å². The molecule has 0 unspecified atom stereocenters. The van der Waals surface area contributed by atoms with E-state index in [0.717, 1.165) is 0 Å². The van der Waals surface area contributed by atoms with E-state index in [4.69, 9.17) is 0 Å². The van der Waals surface area contributed by atoms with Crippen LogP contribution in [-0.2, 0) is 4.84 Å². The minimum absolute atomic E-state index is 0.440. The van der Waals surface area contributed by atoms with Crippen LogP contribution in [0.2, 0.25) is 0 Å². The van der Waals surface area contributed by atoms with Gasteiger partial charge in [-0.2, -0.15) is 0 Å². The predicted octanol–water partition coefficient (Wildman–Crippen LogP) is 1.79. The molecule has 46 valence electrons. The SMILES string of the molecule is C=CO/N=C\C(C)C. The van der Waals surface area contributed by atoms with Crippen molar-refractivity contribution in [2.45, 2.75) is 13.8 Å². The van der Waals surface area contributed by atoms with E-state index in [2.05, 4.69) is 16.6 Å². The summed E-state index contributed by atoms with van der Waals surface area (Å²) in [6.45, 7) is 7.37. The minimum atomic E-state index is 0.440. The molecule has 0 saturated heterocycles. The number of hydrogen-bond donors (Lipinski definition) is 0. The molecule has 0 aliphatic heterocycles. The third kappa shape index (κ3) is 5.21. The van der Waals surface area contributed by atoms with E-state index in [1.165, 1.54) is 6.26 Å². The molecule has 0 amide bonds. The zero-order chi connectivity index (χ0) is 6.41. The van der Waals surface area contributed by atoms with E-state index in [1.54, 1.807) is 6.21 Å². The first-order valence-corrected chi connectivity index (χ1v) is 2.57. The molecule has 0 aromatic heterocycles. The van der Waals surface area contributed by atoms with Crippen molar-refractivity contribution in [2.24, 2.45) is 11.1 Å². The Bertz CT molecular complexity index is 86.5. The highest BCUT2D eigenvalue weighted by atomic mass is 16.6. The molecule has 0 fully saturated rings. The van der Waals surface area contributed by atoms with Crippen molar-refractivity contribution in [3.63, 3.8) is 0 Å². The molecule has 0 aliphatic rings. The fourth-order valence-corrected chi connectivity index (χ4v) is 0.200. The van der Waals surface area contributed by atoms with Crippen LogP contribution in [0.15, 0.2) is 18.0 Å². The molecule has 0 spiro atoms. The van der Waals surface area contributed by atoms with Crippen LogP contribution in [0.25, 0.3) is 0 Å². The van der Waals surface area contributed by atoms with Gasteiger partial charge in [-0.3, -0.25) is 0 Å². The quantitative estimate of drug-likeness (QED) is 0.310. The van der Waals surface area contributed by atoms with Gasteiger partial charge in [-0.1, -0.05) is 25.6 Å². The van der Waals surface area contributed by atoms with Crippen LogP contribution in [0.1, 0.15) is 13.8 Å². The van der Waals surface area contributed by atoms with Gasteiger partial charge in [0.15, 0.2) is 0 Å². The van der Waals surface area contributed by atoms with E-state index in [9.17, 15) is 0 Å². The molecule has 2 nitrogen and oxygen atoms in total. The molecule has 0 radical (unpaired) electrons. The molecule has 2 heteroatoms. The largest absolute Gasteiger partial charge is 0.366 e. The Balaban J connectivity index is 3.19. The maximum atomic E-state index is 4.48. The third-order valence-electron chi connectivity index (χ3n) is 0.494. The van der Waals surface area contributed by atoms with E-state index in [1.807, 2.05) is 13.8 Å². The van der Waals surface area contributed by atoms with Crippen molar-refractivity contribution < 1.29 is 4.84 Å². The molecular formula is C6H11NO. The number of oxime groups is 1. The highest BCUT2D eigenvalue weighted by molar-refractivity contribution is 5.58. The van der Waals surface area contributed by atoms with Gasteiger partial charge in [0.2, 0.25) is 0 Å². The van der Waals surface area contributed by atoms with Crippen LogP contribution in [0.4, 0.5) is 0 Å². The van der Waals surface area contributed by atoms with Gasteiger partial charge in [0, 0.05) is 6.21 Å². The van der Waals surface area contributed by atoms with Gasteiger partial charge in [0.05, 0.1) is 0 Å². The Morgan fingerprint density at radius 2 is 2.25 bits per heavy atom. The lowest BCUT2D eigenvalue weighted by Crippen LogP contribution is -1.86. The molecule has 0 rings (SSSR count). The molecule has 0 saturated carbocycles. The summed E-state index contributed by atoms with van der Waals surface area (Å²) in [5.41, 5.74) is 0. The molecule has 8 heavy (non-hydrogen) atoms. The lowest BCUT2D eigenvalue weighted by molar-refractivity contribution is 0.270. The van der Waals surface area contributed by atoms with Crippen molar-refractivity contribution in [3.05, 3.63) is 12.8 Å². The Morgan fingerprint density at radius 3 is 2.62 bits per heavy atom. The highest BCUT2D eigenvalue weighted by Gasteiger charge is 1.81. The van der Waals surface area contributed by atoms with E-state index >= 15 is 0 Å².